The summed E-state index contributed by atoms with van der Waals surface area (Å²) in [5.41, 5.74) is 6.75. The van der Waals surface area contributed by atoms with Crippen LogP contribution in [0.5, 0.6) is 0 Å². The molecule has 0 fully saturated rings. The summed E-state index contributed by atoms with van der Waals surface area (Å²) in [5, 5.41) is 6.32. The zero-order chi connectivity index (χ0) is 16.0. The molecular formula is C17H13N3O2S. The molecule has 0 aliphatic rings. The fourth-order valence-corrected chi connectivity index (χ4v) is 4.21. The average molecular weight is 323 g/mol. The molecule has 3 aromatic carbocycles. The Hall–Kier alpha value is -2.86. The Morgan fingerprint density at radius 1 is 0.913 bits per heavy atom. The number of nitrogens with zero attached hydrogens (tertiary/aromatic N) is 2. The van der Waals surface area contributed by atoms with E-state index in [1.165, 1.54) is 6.20 Å². The summed E-state index contributed by atoms with van der Waals surface area (Å²) in [7, 11) is -3.82. The van der Waals surface area contributed by atoms with Crippen molar-refractivity contribution in [3.63, 3.8) is 0 Å². The molecule has 0 spiro atoms. The van der Waals surface area contributed by atoms with Gasteiger partial charge in [-0.3, -0.25) is 0 Å². The molecule has 0 aliphatic heterocycles. The van der Waals surface area contributed by atoms with E-state index in [0.29, 0.717) is 16.6 Å². The minimum atomic E-state index is -3.82. The van der Waals surface area contributed by atoms with E-state index < -0.39 is 10.0 Å². The van der Waals surface area contributed by atoms with E-state index in [1.807, 2.05) is 24.3 Å². The molecule has 0 radical (unpaired) electrons. The Kier molecular flexibility index (Phi) is 2.89. The van der Waals surface area contributed by atoms with Crippen LogP contribution in [-0.2, 0) is 10.0 Å². The highest BCUT2D eigenvalue weighted by molar-refractivity contribution is 7.90. The van der Waals surface area contributed by atoms with Gasteiger partial charge in [-0.05, 0) is 29.7 Å². The summed E-state index contributed by atoms with van der Waals surface area (Å²) in [6, 6.07) is 17.7. The summed E-state index contributed by atoms with van der Waals surface area (Å²) < 4.78 is 27.2. The Bertz CT molecular complexity index is 1140. The summed E-state index contributed by atoms with van der Waals surface area (Å²) >= 11 is 0. The van der Waals surface area contributed by atoms with Crippen LogP contribution in [0.3, 0.4) is 0 Å². The van der Waals surface area contributed by atoms with Gasteiger partial charge in [-0.2, -0.15) is 17.6 Å². The lowest BCUT2D eigenvalue weighted by molar-refractivity contribution is 0.583. The molecule has 4 rings (SSSR count). The van der Waals surface area contributed by atoms with Crippen molar-refractivity contribution in [3.8, 4) is 0 Å². The fraction of sp³-hybridized carbons (Fsp3) is 0. The maximum Gasteiger partial charge on any atom is 0.284 e. The molecule has 0 saturated carbocycles. The van der Waals surface area contributed by atoms with Gasteiger partial charge < -0.3 is 5.73 Å². The zero-order valence-electron chi connectivity index (χ0n) is 12.0. The van der Waals surface area contributed by atoms with Crippen molar-refractivity contribution in [2.75, 3.05) is 5.73 Å². The number of nitrogens with two attached hydrogens (primary N) is 1. The van der Waals surface area contributed by atoms with Gasteiger partial charge in [0, 0.05) is 16.5 Å². The molecule has 1 aromatic heterocycles. The van der Waals surface area contributed by atoms with E-state index in [0.717, 1.165) is 14.9 Å². The molecular weight excluding hydrogens is 310 g/mol. The monoisotopic (exact) mass is 323 g/mol. The molecule has 0 saturated heterocycles. The molecule has 0 aliphatic carbocycles. The van der Waals surface area contributed by atoms with Crippen LogP contribution in [0.25, 0.3) is 21.7 Å². The molecule has 1 heterocycles. The van der Waals surface area contributed by atoms with Crippen LogP contribution in [-0.4, -0.2) is 17.6 Å². The first-order valence-corrected chi connectivity index (χ1v) is 8.48. The van der Waals surface area contributed by atoms with Crippen molar-refractivity contribution in [1.82, 2.24) is 9.19 Å². The maximum atomic E-state index is 13.1. The first-order valence-electron chi connectivity index (χ1n) is 7.04. The third kappa shape index (κ3) is 2.07. The summed E-state index contributed by atoms with van der Waals surface area (Å²) in [6.07, 6.45) is 1.53. The van der Waals surface area contributed by atoms with Gasteiger partial charge in [0.25, 0.3) is 10.0 Å². The summed E-state index contributed by atoms with van der Waals surface area (Å²) in [6.45, 7) is 0. The van der Waals surface area contributed by atoms with Gasteiger partial charge in [0.15, 0.2) is 0 Å². The molecule has 0 bridgehead atoms. The molecule has 0 atom stereocenters. The number of hydrogen-bond acceptors (Lipinski definition) is 4. The van der Waals surface area contributed by atoms with Gasteiger partial charge in [-0.25, -0.2) is 0 Å². The number of aromatic nitrogens is 2. The van der Waals surface area contributed by atoms with E-state index in [1.54, 1.807) is 36.4 Å². The highest BCUT2D eigenvalue weighted by Crippen LogP contribution is 2.27. The predicted molar refractivity (Wildman–Crippen MR) is 90.7 cm³/mol. The van der Waals surface area contributed by atoms with Gasteiger partial charge >= 0.3 is 0 Å². The topological polar surface area (TPSA) is 78.0 Å². The molecule has 23 heavy (non-hydrogen) atoms. The van der Waals surface area contributed by atoms with Crippen LogP contribution < -0.4 is 5.73 Å². The highest BCUT2D eigenvalue weighted by atomic mass is 32.2. The van der Waals surface area contributed by atoms with Crippen molar-refractivity contribution < 1.29 is 8.42 Å². The second-order valence-electron chi connectivity index (χ2n) is 5.29. The van der Waals surface area contributed by atoms with Crippen LogP contribution in [0, 0.1) is 0 Å². The largest absolute Gasteiger partial charge is 0.399 e. The number of benzene rings is 3. The van der Waals surface area contributed by atoms with Gasteiger partial charge in [0.05, 0.1) is 16.6 Å². The van der Waals surface area contributed by atoms with Crippen molar-refractivity contribution in [2.45, 2.75) is 4.90 Å². The minimum absolute atomic E-state index is 0.225. The minimum Gasteiger partial charge on any atom is -0.399 e. The van der Waals surface area contributed by atoms with E-state index in [9.17, 15) is 8.42 Å². The Morgan fingerprint density at radius 2 is 1.70 bits per heavy atom. The van der Waals surface area contributed by atoms with Crippen molar-refractivity contribution in [1.29, 1.82) is 0 Å². The van der Waals surface area contributed by atoms with Gasteiger partial charge in [0.2, 0.25) is 0 Å². The average Bonchev–Trinajstić information content (AvgIpc) is 2.98. The van der Waals surface area contributed by atoms with Crippen LogP contribution in [0.15, 0.2) is 71.8 Å². The second-order valence-corrected chi connectivity index (χ2v) is 7.02. The molecule has 4 aromatic rings. The normalized spacial score (nSPS) is 12.0. The van der Waals surface area contributed by atoms with Crippen molar-refractivity contribution in [2.24, 2.45) is 0 Å². The van der Waals surface area contributed by atoms with Gasteiger partial charge in [-0.1, -0.05) is 36.4 Å². The third-order valence-corrected chi connectivity index (χ3v) is 5.48. The Labute approximate surface area is 133 Å². The second kappa shape index (κ2) is 4.82. The lowest BCUT2D eigenvalue weighted by Crippen LogP contribution is -2.14. The number of fused-ring (bicyclic) bond motifs is 2. The zero-order valence-corrected chi connectivity index (χ0v) is 12.9. The fourth-order valence-electron chi connectivity index (χ4n) is 2.72. The lowest BCUT2D eigenvalue weighted by atomic mass is 10.1. The smallest absolute Gasteiger partial charge is 0.284 e. The van der Waals surface area contributed by atoms with Crippen molar-refractivity contribution >= 4 is 37.4 Å². The maximum absolute atomic E-state index is 13.1. The Morgan fingerprint density at radius 3 is 2.57 bits per heavy atom. The first kappa shape index (κ1) is 13.8. The number of hydrogen-bond donors (Lipinski definition) is 1. The van der Waals surface area contributed by atoms with E-state index in [4.69, 9.17) is 5.73 Å². The van der Waals surface area contributed by atoms with E-state index in [-0.39, 0.29) is 4.90 Å². The predicted octanol–water partition coefficient (Wildman–Crippen LogP) is 3.01. The molecule has 2 N–H and O–H groups in total. The molecule has 5 nitrogen and oxygen atoms in total. The van der Waals surface area contributed by atoms with Crippen LogP contribution in [0.4, 0.5) is 5.69 Å². The van der Waals surface area contributed by atoms with Crippen molar-refractivity contribution in [3.05, 3.63) is 66.9 Å². The van der Waals surface area contributed by atoms with Crippen LogP contribution in [0.2, 0.25) is 0 Å². The Balaban J connectivity index is 2.04. The molecule has 114 valence electrons. The van der Waals surface area contributed by atoms with Crippen LogP contribution >= 0.6 is 0 Å². The van der Waals surface area contributed by atoms with E-state index >= 15 is 0 Å². The van der Waals surface area contributed by atoms with E-state index in [2.05, 4.69) is 5.10 Å². The molecule has 0 amide bonds. The quantitative estimate of drug-likeness (QED) is 0.575. The number of nitrogen functional groups attached to an aromatic ring is 1. The molecule has 6 heteroatoms. The standard InChI is InChI=1S/C17H13N3O2S/c18-14-9-8-13-11-19-20(16(13)10-14)23(21,22)17-7-3-5-12-4-1-2-6-15(12)17/h1-11H,18H2. The molecule has 0 unspecified atom stereocenters. The summed E-state index contributed by atoms with van der Waals surface area (Å²) in [4.78, 5) is 0.225. The number of anilines is 1. The summed E-state index contributed by atoms with van der Waals surface area (Å²) in [5.74, 6) is 0. The van der Waals surface area contributed by atoms with Gasteiger partial charge in [-0.15, -0.1) is 0 Å². The van der Waals surface area contributed by atoms with Gasteiger partial charge in [0.1, 0.15) is 0 Å². The van der Waals surface area contributed by atoms with Crippen LogP contribution in [0.1, 0.15) is 0 Å². The first-order chi connectivity index (χ1) is 11.1. The highest BCUT2D eigenvalue weighted by Gasteiger charge is 2.22. The third-order valence-electron chi connectivity index (χ3n) is 3.82. The number of rotatable bonds is 2. The SMILES string of the molecule is Nc1ccc2cnn(S(=O)(=O)c3cccc4ccccc34)c2c1. The lowest BCUT2D eigenvalue weighted by Gasteiger charge is -2.09.